The van der Waals surface area contributed by atoms with Gasteiger partial charge in [-0.2, -0.15) is 0 Å². The number of aliphatic hydroxyl groups excluding tert-OH is 6. The Labute approximate surface area is 556 Å². The molecule has 0 aliphatic carbocycles. The lowest BCUT2D eigenvalue weighted by Gasteiger charge is -2.34. The van der Waals surface area contributed by atoms with Crippen molar-refractivity contribution in [3.8, 4) is 38.4 Å². The van der Waals surface area contributed by atoms with Crippen LogP contribution in [0.25, 0.3) is 21.1 Å². The van der Waals surface area contributed by atoms with Crippen LogP contribution in [-0.4, -0.2) is 249 Å². The molecule has 0 unspecified atom stereocenters. The molecule has 3 saturated heterocycles. The summed E-state index contributed by atoms with van der Waals surface area (Å²) in [4.78, 5) is 105. The van der Waals surface area contributed by atoms with Gasteiger partial charge < -0.3 is 97.0 Å². The number of likely N-dealkylation sites (N-methyl/N-ethyl adjacent to an activating group) is 1. The zero-order chi connectivity index (χ0) is 66.1. The van der Waals surface area contributed by atoms with Crippen molar-refractivity contribution in [2.45, 2.75) is 145 Å². The number of phenols is 1. The van der Waals surface area contributed by atoms with E-state index in [0.717, 1.165) is 66.7 Å². The van der Waals surface area contributed by atoms with Crippen LogP contribution in [0.1, 0.15) is 81.1 Å². The van der Waals surface area contributed by atoms with Crippen LogP contribution in [0, 0.1) is 5.92 Å². The van der Waals surface area contributed by atoms with Gasteiger partial charge in [0.25, 0.3) is 5.91 Å². The highest BCUT2D eigenvalue weighted by atomic mass is 35.5. The number of carbonyl (C=O) groups excluding carboxylic acids is 7. The molecule has 0 saturated carbocycles. The second kappa shape index (κ2) is 36.7. The number of nitrogens with two attached hydrogens (primary N) is 1. The molecule has 4 aromatic rings. The van der Waals surface area contributed by atoms with Gasteiger partial charge in [-0.3, -0.25) is 33.6 Å². The number of halogens is 2. The van der Waals surface area contributed by atoms with Crippen LogP contribution >= 0.6 is 36.2 Å². The average molecular weight is 1360 g/mol. The number of phenolic OH excluding ortho intramolecular Hbond substituents is 1. The average Bonchev–Trinajstić information content (AvgIpc) is 1.83. The molecule has 3 fully saturated rings. The predicted molar refractivity (Wildman–Crippen MR) is 346 cm³/mol. The van der Waals surface area contributed by atoms with Crippen LogP contribution in [0.15, 0.2) is 66.7 Å². The second-order valence-corrected chi connectivity index (χ2v) is 24.6. The van der Waals surface area contributed by atoms with E-state index in [1.165, 1.54) is 48.6 Å². The molecular formula is C62H89Cl2N11O17S. The molecule has 93 heavy (non-hydrogen) atoms. The molecule has 13 atom stereocenters. The van der Waals surface area contributed by atoms with Crippen molar-refractivity contribution in [3.63, 3.8) is 0 Å². The first-order chi connectivity index (χ1) is 43.5. The summed E-state index contributed by atoms with van der Waals surface area (Å²) in [6.45, 7) is 2.99. The summed E-state index contributed by atoms with van der Waals surface area (Å²) in [7, 11) is 5.33. The number of ether oxygens (including phenoxy) is 3. The number of benzene rings is 3. The van der Waals surface area contributed by atoms with Gasteiger partial charge in [-0.15, -0.1) is 35.0 Å². The van der Waals surface area contributed by atoms with Gasteiger partial charge in [-0.05, 0) is 101 Å². The van der Waals surface area contributed by atoms with Crippen LogP contribution in [0.2, 0.25) is 0 Å². The van der Waals surface area contributed by atoms with Crippen molar-refractivity contribution in [2.24, 2.45) is 11.7 Å². The zero-order valence-electron chi connectivity index (χ0n) is 52.6. The Bertz CT molecular complexity index is 3100. The molecule has 3 aliphatic rings. The van der Waals surface area contributed by atoms with Crippen LogP contribution in [0.3, 0.4) is 0 Å². The summed E-state index contributed by atoms with van der Waals surface area (Å²) in [5, 5.41) is 102. The van der Waals surface area contributed by atoms with E-state index in [1.54, 1.807) is 19.2 Å². The van der Waals surface area contributed by atoms with E-state index in [9.17, 15) is 69.3 Å². The monoisotopic (exact) mass is 1360 g/mol. The minimum absolute atomic E-state index is 0. The number of aromatic hydroxyl groups is 1. The topological polar surface area (TPSA) is 410 Å². The lowest BCUT2D eigenvalue weighted by atomic mass is 9.98. The highest BCUT2D eigenvalue weighted by Crippen LogP contribution is 2.33. The van der Waals surface area contributed by atoms with Crippen molar-refractivity contribution in [1.82, 2.24) is 51.5 Å². The Morgan fingerprint density at radius 3 is 1.98 bits per heavy atom. The second-order valence-electron chi connectivity index (χ2n) is 23.7. The fourth-order valence-electron chi connectivity index (χ4n) is 11.0. The number of aliphatic hydroxyl groups is 6. The number of hydrogen-bond donors (Lipinski definition) is 13. The first-order valence-electron chi connectivity index (χ1n) is 30.6. The summed E-state index contributed by atoms with van der Waals surface area (Å²) in [5.41, 5.74) is 7.55. The summed E-state index contributed by atoms with van der Waals surface area (Å²) >= 11 is 1.31. The van der Waals surface area contributed by atoms with Gasteiger partial charge in [0.15, 0.2) is 11.5 Å². The largest absolute Gasteiger partial charge is 0.504 e. The van der Waals surface area contributed by atoms with Crippen molar-refractivity contribution in [1.29, 1.82) is 0 Å². The van der Waals surface area contributed by atoms with Crippen molar-refractivity contribution >= 4 is 77.5 Å². The lowest BCUT2D eigenvalue weighted by molar-refractivity contribution is -0.147. The molecule has 4 heterocycles. The number of carbonyl (C=O) groups is 7. The highest BCUT2D eigenvalue weighted by molar-refractivity contribution is 7.17. The van der Waals surface area contributed by atoms with E-state index < -0.39 is 152 Å². The Hall–Kier alpha value is -6.87. The van der Waals surface area contributed by atoms with Gasteiger partial charge in [-0.25, -0.2) is 0 Å². The molecule has 31 heteroatoms. The molecule has 0 radical (unpaired) electrons. The van der Waals surface area contributed by atoms with Crippen LogP contribution < -0.4 is 41.8 Å². The number of unbranched alkanes of at least 4 members (excludes halogenated alkanes) is 4. The van der Waals surface area contributed by atoms with Gasteiger partial charge in [-0.1, -0.05) is 55.7 Å². The number of aromatic nitrogens is 2. The zero-order valence-corrected chi connectivity index (χ0v) is 55.1. The number of fused-ring (bicyclic) bond motifs is 2. The summed E-state index contributed by atoms with van der Waals surface area (Å²) < 4.78 is 16.8. The summed E-state index contributed by atoms with van der Waals surface area (Å²) in [6.07, 6.45) is -6.54. The molecule has 514 valence electrons. The maximum absolute atomic E-state index is 14.7. The van der Waals surface area contributed by atoms with Gasteiger partial charge in [0.2, 0.25) is 35.4 Å². The Morgan fingerprint density at radius 2 is 1.34 bits per heavy atom. The van der Waals surface area contributed by atoms with E-state index >= 15 is 0 Å². The molecule has 28 nitrogen and oxygen atoms in total. The van der Waals surface area contributed by atoms with E-state index in [0.29, 0.717) is 28.7 Å². The predicted octanol–water partition coefficient (Wildman–Crippen LogP) is -0.365. The van der Waals surface area contributed by atoms with Crippen LogP contribution in [0.5, 0.6) is 17.2 Å². The van der Waals surface area contributed by atoms with E-state index in [2.05, 4.69) is 36.8 Å². The van der Waals surface area contributed by atoms with Crippen LogP contribution in [-0.2, 0) is 39.9 Å². The molecule has 7 amide bonds. The van der Waals surface area contributed by atoms with Gasteiger partial charge in [0, 0.05) is 81.8 Å². The number of nitrogens with one attached hydrogen (secondary N) is 5. The fourth-order valence-corrected chi connectivity index (χ4v) is 11.8. The van der Waals surface area contributed by atoms with Crippen molar-refractivity contribution < 1.29 is 83.5 Å². The molecule has 1 aromatic heterocycles. The van der Waals surface area contributed by atoms with Crippen molar-refractivity contribution in [3.05, 3.63) is 77.9 Å². The third kappa shape index (κ3) is 21.1. The van der Waals surface area contributed by atoms with Crippen molar-refractivity contribution in [2.75, 3.05) is 73.7 Å². The summed E-state index contributed by atoms with van der Waals surface area (Å²) in [6, 6.07) is 6.85. The SMILES string of the molecule is COCCCCCCCOc1ccc(-c2nnc(-c3ccc(C(=O)N[C@H]4C[C@@H](O)CNC(=O)[C@@H]5[C@@H](O)[C@@H](C)CN5C(=O)[C@H]([C@H](O)CCN)NC(=O)[C@H]([C@H](O)Cc5ccc(O)c(OCCN(C)C)c5)NC(=O)[C@@H]5C[C@@H](O)CN5C(=O)[C@H]([C@@H](C)O)NC4=O)cc3)s2)cc1.Cl.Cl. The third-order valence-electron chi connectivity index (χ3n) is 16.2. The van der Waals surface area contributed by atoms with Gasteiger partial charge in [0.05, 0.1) is 43.2 Å². The number of β-amino-alcohol motifs (C(OH)–C–C–N with tert-alkyl or cyclic N) is 1. The lowest BCUT2D eigenvalue weighted by Crippen LogP contribution is -2.64. The van der Waals surface area contributed by atoms with Gasteiger partial charge >= 0.3 is 0 Å². The maximum Gasteiger partial charge on any atom is 0.251 e. The number of amides is 7. The number of nitrogens with zero attached hydrogens (tertiary/aromatic N) is 5. The third-order valence-corrected chi connectivity index (χ3v) is 17.2. The van der Waals surface area contributed by atoms with E-state index in [-0.39, 0.29) is 73.6 Å². The van der Waals surface area contributed by atoms with Crippen LogP contribution in [0.4, 0.5) is 0 Å². The standard InChI is InChI=1S/C62H87N11O17S.2ClH/c1-34-32-73-52(53(34)80)58(85)64-31-40(75)29-43(65-54(81)37-12-14-38(15-13-37)59-69-70-60(91-59)39-16-18-42(19-17-39)89-25-10-8-6-7-9-24-88-5)55(82)66-49(35(2)74)61(86)72-33-41(76)30-44(72)56(83)67-50(57(84)68-51(62(73)87)46(78)21-22-63)47(79)27-36-11-20-45(77)48(28-36)90-26-23-71(3)4;;/h11-20,28,34-35,40-41,43-44,46-47,49-53,74-80H,6-10,21-27,29-33,63H2,1-5H3,(H,64,85)(H,65,81)(H,66,82)(H,67,83)(H,68,84);2*1H/t34-,35+,40+,41+,43-,44-,46+,47+,49-,50-,51-,52-,53-;;/m0../s1. The maximum atomic E-state index is 14.7. The summed E-state index contributed by atoms with van der Waals surface area (Å²) in [5.74, 6) is -7.79. The van der Waals surface area contributed by atoms with E-state index in [1.807, 2.05) is 43.3 Å². The molecule has 3 aromatic carbocycles. The Balaban J connectivity index is 0.00000784. The molecule has 14 N–H and O–H groups in total. The minimum atomic E-state index is -2.03. The number of rotatable bonds is 24. The number of hydrogen-bond acceptors (Lipinski definition) is 22. The smallest absolute Gasteiger partial charge is 0.251 e. The van der Waals surface area contributed by atoms with Gasteiger partial charge in [0.1, 0.15) is 58.6 Å². The minimum Gasteiger partial charge on any atom is -0.504 e. The molecule has 0 spiro atoms. The normalized spacial score (nSPS) is 24.4. The first-order valence-corrected chi connectivity index (χ1v) is 31.4. The molecule has 0 bridgehead atoms. The Morgan fingerprint density at radius 1 is 0.731 bits per heavy atom. The fraction of sp³-hybridized carbons (Fsp3) is 0.565. The first kappa shape index (κ1) is 76.8. The quantitative estimate of drug-likeness (QED) is 0.0398. The Kier molecular flexibility index (Phi) is 30.3. The molecule has 7 rings (SSSR count). The molecular weight excluding hydrogens is 1270 g/mol. The van der Waals surface area contributed by atoms with E-state index in [4.69, 9.17) is 19.9 Å². The molecule has 3 aliphatic heterocycles. The number of methoxy groups -OCH3 is 1. The highest BCUT2D eigenvalue weighted by Gasteiger charge is 2.50.